The van der Waals surface area contributed by atoms with E-state index in [2.05, 4.69) is 33.0 Å². The summed E-state index contributed by atoms with van der Waals surface area (Å²) >= 11 is 0. The first-order valence-electron chi connectivity index (χ1n) is 5.90. The molecule has 0 fully saturated rings. The Morgan fingerprint density at radius 2 is 1.69 bits per heavy atom. The summed E-state index contributed by atoms with van der Waals surface area (Å²) in [5.74, 6) is 0.847. The van der Waals surface area contributed by atoms with E-state index in [0.29, 0.717) is 6.04 Å². The second kappa shape index (κ2) is 8.55. The molecule has 0 spiro atoms. The minimum absolute atomic E-state index is 0.637. The van der Waals surface area contributed by atoms with Crippen LogP contribution in [0.15, 0.2) is 0 Å². The normalized spacial score (nSPS) is 13.6. The van der Waals surface area contributed by atoms with Crippen molar-refractivity contribution in [3.8, 4) is 0 Å². The highest BCUT2D eigenvalue weighted by Gasteiger charge is 2.01. The molecule has 80 valence electrons. The molecule has 0 bridgehead atoms. The van der Waals surface area contributed by atoms with Crippen LogP contribution in [0.5, 0.6) is 0 Å². The van der Waals surface area contributed by atoms with Gasteiger partial charge in [-0.1, -0.05) is 53.4 Å². The van der Waals surface area contributed by atoms with Crippen molar-refractivity contribution in [1.29, 1.82) is 0 Å². The Morgan fingerprint density at radius 3 is 2.23 bits per heavy atom. The zero-order valence-electron chi connectivity index (χ0n) is 9.90. The van der Waals surface area contributed by atoms with Gasteiger partial charge in [-0.05, 0) is 18.9 Å². The van der Waals surface area contributed by atoms with Gasteiger partial charge >= 0.3 is 0 Å². The summed E-state index contributed by atoms with van der Waals surface area (Å²) in [5.41, 5.74) is 0. The fourth-order valence-corrected chi connectivity index (χ4v) is 1.46. The van der Waals surface area contributed by atoms with Gasteiger partial charge in [0, 0.05) is 6.04 Å². The minimum Gasteiger partial charge on any atom is -0.314 e. The highest BCUT2D eigenvalue weighted by atomic mass is 14.9. The monoisotopic (exact) mass is 185 g/mol. The zero-order valence-corrected chi connectivity index (χ0v) is 9.90. The second-order valence-electron chi connectivity index (χ2n) is 4.52. The van der Waals surface area contributed by atoms with E-state index in [4.69, 9.17) is 0 Å². The van der Waals surface area contributed by atoms with Crippen LogP contribution in [-0.4, -0.2) is 12.6 Å². The molecule has 0 rings (SSSR count). The SMILES string of the molecule is CCCCCC[C@H](C)CNC(C)C. The predicted molar refractivity (Wildman–Crippen MR) is 61.1 cm³/mol. The molecule has 0 aliphatic heterocycles. The van der Waals surface area contributed by atoms with Crippen molar-refractivity contribution in [2.45, 2.75) is 65.8 Å². The van der Waals surface area contributed by atoms with Crippen LogP contribution in [0.3, 0.4) is 0 Å². The van der Waals surface area contributed by atoms with Crippen LogP contribution in [0.2, 0.25) is 0 Å². The molecule has 1 atom stereocenters. The molecule has 13 heavy (non-hydrogen) atoms. The molecule has 0 aromatic rings. The first-order valence-corrected chi connectivity index (χ1v) is 5.90. The van der Waals surface area contributed by atoms with Gasteiger partial charge in [0.1, 0.15) is 0 Å². The molecule has 0 radical (unpaired) electrons. The van der Waals surface area contributed by atoms with Gasteiger partial charge in [-0.2, -0.15) is 0 Å². The van der Waals surface area contributed by atoms with Crippen LogP contribution in [0.1, 0.15) is 59.8 Å². The third-order valence-electron chi connectivity index (χ3n) is 2.43. The Balaban J connectivity index is 3.15. The predicted octanol–water partition coefficient (Wildman–Crippen LogP) is 3.59. The first-order chi connectivity index (χ1) is 6.16. The maximum Gasteiger partial charge on any atom is 0.00104 e. The average Bonchev–Trinajstić information content (AvgIpc) is 2.09. The number of nitrogens with one attached hydrogen (secondary N) is 1. The highest BCUT2D eigenvalue weighted by Crippen LogP contribution is 2.09. The Kier molecular flexibility index (Phi) is 8.53. The maximum atomic E-state index is 3.49. The zero-order chi connectivity index (χ0) is 10.1. The lowest BCUT2D eigenvalue weighted by Crippen LogP contribution is -2.27. The molecular weight excluding hydrogens is 158 g/mol. The van der Waals surface area contributed by atoms with E-state index in [0.717, 1.165) is 5.92 Å². The van der Waals surface area contributed by atoms with Crippen LogP contribution in [-0.2, 0) is 0 Å². The van der Waals surface area contributed by atoms with Gasteiger partial charge in [0.2, 0.25) is 0 Å². The van der Waals surface area contributed by atoms with Gasteiger partial charge < -0.3 is 5.32 Å². The number of hydrogen-bond acceptors (Lipinski definition) is 1. The quantitative estimate of drug-likeness (QED) is 0.570. The summed E-state index contributed by atoms with van der Waals surface area (Å²) in [5, 5.41) is 3.49. The van der Waals surface area contributed by atoms with Gasteiger partial charge in [-0.3, -0.25) is 0 Å². The summed E-state index contributed by atoms with van der Waals surface area (Å²) in [6, 6.07) is 0.637. The van der Waals surface area contributed by atoms with E-state index >= 15 is 0 Å². The maximum absolute atomic E-state index is 3.49. The van der Waals surface area contributed by atoms with Crippen LogP contribution < -0.4 is 5.32 Å². The van der Waals surface area contributed by atoms with E-state index in [9.17, 15) is 0 Å². The van der Waals surface area contributed by atoms with E-state index in [1.54, 1.807) is 0 Å². The molecule has 0 aromatic heterocycles. The topological polar surface area (TPSA) is 12.0 Å². The van der Waals surface area contributed by atoms with E-state index in [1.165, 1.54) is 38.6 Å². The molecule has 1 nitrogen and oxygen atoms in total. The van der Waals surface area contributed by atoms with Gasteiger partial charge in [-0.25, -0.2) is 0 Å². The third kappa shape index (κ3) is 9.88. The molecular formula is C12H27N. The van der Waals surface area contributed by atoms with Crippen molar-refractivity contribution in [3.05, 3.63) is 0 Å². The Bertz CT molecular complexity index is 99.3. The average molecular weight is 185 g/mol. The van der Waals surface area contributed by atoms with Crippen molar-refractivity contribution in [2.75, 3.05) is 6.54 Å². The van der Waals surface area contributed by atoms with Crippen molar-refractivity contribution >= 4 is 0 Å². The van der Waals surface area contributed by atoms with Gasteiger partial charge in [0.15, 0.2) is 0 Å². The lowest BCUT2D eigenvalue weighted by molar-refractivity contribution is 0.434. The molecule has 0 amide bonds. The molecule has 1 N–H and O–H groups in total. The summed E-state index contributed by atoms with van der Waals surface area (Å²) in [6.07, 6.45) is 6.97. The lowest BCUT2D eigenvalue weighted by atomic mass is 10.0. The molecule has 0 aromatic carbocycles. The molecule has 0 saturated carbocycles. The Morgan fingerprint density at radius 1 is 1.00 bits per heavy atom. The van der Waals surface area contributed by atoms with Gasteiger partial charge in [0.05, 0.1) is 0 Å². The van der Waals surface area contributed by atoms with Gasteiger partial charge in [-0.15, -0.1) is 0 Å². The number of rotatable bonds is 8. The molecule has 0 aliphatic rings. The molecule has 0 unspecified atom stereocenters. The molecule has 0 aliphatic carbocycles. The summed E-state index contributed by atoms with van der Waals surface area (Å²) in [7, 11) is 0. The minimum atomic E-state index is 0.637. The molecule has 1 heteroatoms. The van der Waals surface area contributed by atoms with Crippen LogP contribution in [0, 0.1) is 5.92 Å². The van der Waals surface area contributed by atoms with Crippen molar-refractivity contribution in [3.63, 3.8) is 0 Å². The second-order valence-corrected chi connectivity index (χ2v) is 4.52. The largest absolute Gasteiger partial charge is 0.314 e. The van der Waals surface area contributed by atoms with Crippen LogP contribution in [0.4, 0.5) is 0 Å². The van der Waals surface area contributed by atoms with Crippen molar-refractivity contribution in [1.82, 2.24) is 5.32 Å². The third-order valence-corrected chi connectivity index (χ3v) is 2.43. The van der Waals surface area contributed by atoms with E-state index < -0.39 is 0 Å². The van der Waals surface area contributed by atoms with Crippen LogP contribution in [0.25, 0.3) is 0 Å². The number of unbranched alkanes of at least 4 members (excludes halogenated alkanes) is 3. The van der Waals surface area contributed by atoms with Crippen LogP contribution >= 0.6 is 0 Å². The molecule has 0 heterocycles. The fourth-order valence-electron chi connectivity index (χ4n) is 1.46. The lowest BCUT2D eigenvalue weighted by Gasteiger charge is -2.14. The van der Waals surface area contributed by atoms with Crippen molar-refractivity contribution < 1.29 is 0 Å². The van der Waals surface area contributed by atoms with Crippen molar-refractivity contribution in [2.24, 2.45) is 5.92 Å². The highest BCUT2D eigenvalue weighted by molar-refractivity contribution is 4.60. The Labute approximate surface area is 84.3 Å². The van der Waals surface area contributed by atoms with E-state index in [-0.39, 0.29) is 0 Å². The van der Waals surface area contributed by atoms with Gasteiger partial charge in [0.25, 0.3) is 0 Å². The number of hydrogen-bond donors (Lipinski definition) is 1. The first kappa shape index (κ1) is 13.0. The summed E-state index contributed by atoms with van der Waals surface area (Å²) in [6.45, 7) is 10.2. The fraction of sp³-hybridized carbons (Fsp3) is 1.00. The van der Waals surface area contributed by atoms with E-state index in [1.807, 2.05) is 0 Å². The smallest absolute Gasteiger partial charge is 0.00104 e. The summed E-state index contributed by atoms with van der Waals surface area (Å²) in [4.78, 5) is 0. The standard InChI is InChI=1S/C12H27N/c1-5-6-7-8-9-12(4)10-13-11(2)3/h11-13H,5-10H2,1-4H3/t12-/m0/s1. The molecule has 0 saturated heterocycles. The Hall–Kier alpha value is -0.0400. The summed E-state index contributed by atoms with van der Waals surface area (Å²) < 4.78 is 0.